The number of carbonyl (C=O) groups excluding carboxylic acids is 2. The summed E-state index contributed by atoms with van der Waals surface area (Å²) in [5, 5.41) is 6.11. The summed E-state index contributed by atoms with van der Waals surface area (Å²) in [6.07, 6.45) is 0. The molecule has 11 nitrogen and oxygen atoms in total. The molecule has 0 aliphatic heterocycles. The number of halogens is 1. The van der Waals surface area contributed by atoms with Crippen molar-refractivity contribution in [3.8, 4) is 11.5 Å². The molecule has 0 atom stereocenters. The van der Waals surface area contributed by atoms with Gasteiger partial charge >= 0.3 is 5.69 Å². The highest BCUT2D eigenvalue weighted by Gasteiger charge is 2.21. The van der Waals surface area contributed by atoms with Gasteiger partial charge in [0, 0.05) is 26.7 Å². The molecule has 0 saturated heterocycles. The Kier molecular flexibility index (Phi) is 8.38. The second-order valence-electron chi connectivity index (χ2n) is 7.97. The summed E-state index contributed by atoms with van der Waals surface area (Å²) in [5.41, 5.74) is -0.847. The van der Waals surface area contributed by atoms with Gasteiger partial charge in [0.2, 0.25) is 5.91 Å². The van der Waals surface area contributed by atoms with Crippen LogP contribution in [-0.4, -0.2) is 65.8 Å². The standard InChI is InChI=1S/C24H28ClN5O6/c1-6-30(27(2)3)22(32)14-29-23(33)15-9-7-8-10-18(15)28(24(29)34)13-21(31)26-17-11-16(25)19(35-4)12-20(17)36-5/h7-12H,6,13-14H2,1-5H3,(H,26,31). The number of anilines is 1. The van der Waals surface area contributed by atoms with Gasteiger partial charge in [-0.05, 0) is 25.1 Å². The Morgan fingerprint density at radius 3 is 2.28 bits per heavy atom. The number of ether oxygens (including phenoxy) is 2. The summed E-state index contributed by atoms with van der Waals surface area (Å²) in [6.45, 7) is 1.24. The molecule has 0 bridgehead atoms. The van der Waals surface area contributed by atoms with E-state index in [0.29, 0.717) is 18.0 Å². The van der Waals surface area contributed by atoms with Crippen LogP contribution in [0.5, 0.6) is 11.5 Å². The first-order valence-electron chi connectivity index (χ1n) is 11.0. The lowest BCUT2D eigenvalue weighted by molar-refractivity contribution is -0.145. The molecule has 0 saturated carbocycles. The van der Waals surface area contributed by atoms with Crippen LogP contribution in [0.25, 0.3) is 10.9 Å². The minimum absolute atomic E-state index is 0.204. The zero-order valence-corrected chi connectivity index (χ0v) is 21.5. The maximum Gasteiger partial charge on any atom is 0.332 e. The number of nitrogens with one attached hydrogen (secondary N) is 1. The number of hydrogen-bond donors (Lipinski definition) is 1. The van der Waals surface area contributed by atoms with E-state index >= 15 is 0 Å². The van der Waals surface area contributed by atoms with Crippen LogP contribution >= 0.6 is 11.6 Å². The highest BCUT2D eigenvalue weighted by Crippen LogP contribution is 2.35. The van der Waals surface area contributed by atoms with E-state index in [-0.39, 0.29) is 21.6 Å². The maximum atomic E-state index is 13.4. The third-order valence-corrected chi connectivity index (χ3v) is 5.84. The number of carbonyl (C=O) groups is 2. The molecule has 0 aliphatic rings. The number of para-hydroxylation sites is 1. The van der Waals surface area contributed by atoms with E-state index in [2.05, 4.69) is 5.32 Å². The topological polar surface area (TPSA) is 115 Å². The van der Waals surface area contributed by atoms with E-state index in [1.807, 2.05) is 0 Å². The highest BCUT2D eigenvalue weighted by atomic mass is 35.5. The minimum atomic E-state index is -0.781. The lowest BCUT2D eigenvalue weighted by Crippen LogP contribution is -2.48. The summed E-state index contributed by atoms with van der Waals surface area (Å²) in [6, 6.07) is 9.41. The molecule has 0 radical (unpaired) electrons. The highest BCUT2D eigenvalue weighted by molar-refractivity contribution is 6.32. The zero-order chi connectivity index (χ0) is 26.6. The molecule has 2 aromatic carbocycles. The summed E-state index contributed by atoms with van der Waals surface area (Å²) in [4.78, 5) is 52.3. The van der Waals surface area contributed by atoms with Gasteiger partial charge in [0.05, 0.1) is 35.8 Å². The smallest absolute Gasteiger partial charge is 0.332 e. The molecule has 3 rings (SSSR count). The van der Waals surface area contributed by atoms with Crippen LogP contribution in [0.3, 0.4) is 0 Å². The van der Waals surface area contributed by atoms with E-state index < -0.39 is 36.2 Å². The fourth-order valence-electron chi connectivity index (χ4n) is 3.85. The van der Waals surface area contributed by atoms with E-state index in [4.69, 9.17) is 21.1 Å². The van der Waals surface area contributed by atoms with Gasteiger partial charge in [0.25, 0.3) is 11.5 Å². The SMILES string of the molecule is CCN(C(=O)Cn1c(=O)c2ccccc2n(CC(=O)Nc2cc(Cl)c(OC)cc2OC)c1=O)N(C)C. The van der Waals surface area contributed by atoms with Gasteiger partial charge in [-0.15, -0.1) is 0 Å². The summed E-state index contributed by atoms with van der Waals surface area (Å²) in [5.74, 6) is -0.336. The molecular formula is C24H28ClN5O6. The molecule has 3 aromatic rings. The predicted octanol–water partition coefficient (Wildman–Crippen LogP) is 1.80. The van der Waals surface area contributed by atoms with Crippen LogP contribution in [0, 0.1) is 0 Å². The molecule has 0 unspecified atom stereocenters. The average Bonchev–Trinajstić information content (AvgIpc) is 2.84. The lowest BCUT2D eigenvalue weighted by atomic mass is 10.2. The summed E-state index contributed by atoms with van der Waals surface area (Å²) >= 11 is 6.19. The van der Waals surface area contributed by atoms with Crippen LogP contribution in [0.1, 0.15) is 6.92 Å². The van der Waals surface area contributed by atoms with Crippen molar-refractivity contribution in [3.63, 3.8) is 0 Å². The number of aromatic nitrogens is 2. The van der Waals surface area contributed by atoms with E-state index in [9.17, 15) is 19.2 Å². The third kappa shape index (κ3) is 5.37. The van der Waals surface area contributed by atoms with Crippen LogP contribution < -0.4 is 26.0 Å². The quantitative estimate of drug-likeness (QED) is 0.430. The number of benzene rings is 2. The van der Waals surface area contributed by atoms with Crippen LogP contribution in [0.2, 0.25) is 5.02 Å². The first-order chi connectivity index (χ1) is 17.1. The molecule has 1 heterocycles. The predicted molar refractivity (Wildman–Crippen MR) is 137 cm³/mol. The molecule has 2 amide bonds. The van der Waals surface area contributed by atoms with Crippen molar-refractivity contribution in [1.82, 2.24) is 19.2 Å². The maximum absolute atomic E-state index is 13.4. The fourth-order valence-corrected chi connectivity index (χ4v) is 4.09. The number of nitrogens with zero attached hydrogens (tertiary/aromatic N) is 4. The van der Waals surface area contributed by atoms with Crippen molar-refractivity contribution < 1.29 is 19.1 Å². The number of methoxy groups -OCH3 is 2. The van der Waals surface area contributed by atoms with Gasteiger partial charge in [-0.2, -0.15) is 0 Å². The summed E-state index contributed by atoms with van der Waals surface area (Å²) in [7, 11) is 6.25. The second-order valence-corrected chi connectivity index (χ2v) is 8.38. The van der Waals surface area contributed by atoms with Crippen molar-refractivity contribution in [2.45, 2.75) is 20.0 Å². The summed E-state index contributed by atoms with van der Waals surface area (Å²) < 4.78 is 12.5. The molecule has 0 spiro atoms. The Labute approximate surface area is 212 Å². The van der Waals surface area contributed by atoms with Gasteiger partial charge in [0.15, 0.2) is 0 Å². The molecule has 36 heavy (non-hydrogen) atoms. The van der Waals surface area contributed by atoms with Gasteiger partial charge in [0.1, 0.15) is 24.6 Å². The number of fused-ring (bicyclic) bond motifs is 1. The molecule has 1 aromatic heterocycles. The number of hydrogen-bond acceptors (Lipinski definition) is 7. The molecule has 0 aliphatic carbocycles. The largest absolute Gasteiger partial charge is 0.495 e. The van der Waals surface area contributed by atoms with Crippen molar-refractivity contribution >= 4 is 40.0 Å². The minimum Gasteiger partial charge on any atom is -0.495 e. The average molecular weight is 518 g/mol. The molecule has 192 valence electrons. The number of rotatable bonds is 9. The van der Waals surface area contributed by atoms with Crippen molar-refractivity contribution in [2.75, 3.05) is 40.2 Å². The Bertz CT molecular complexity index is 1410. The zero-order valence-electron chi connectivity index (χ0n) is 20.7. The Morgan fingerprint density at radius 1 is 1.00 bits per heavy atom. The van der Waals surface area contributed by atoms with Crippen LogP contribution in [-0.2, 0) is 22.7 Å². The molecule has 12 heteroatoms. The first kappa shape index (κ1) is 26.8. The Morgan fingerprint density at radius 2 is 1.67 bits per heavy atom. The Hall–Kier alpha value is -3.83. The van der Waals surface area contributed by atoms with Crippen molar-refractivity contribution in [3.05, 3.63) is 62.3 Å². The molecular weight excluding hydrogens is 490 g/mol. The van der Waals surface area contributed by atoms with Crippen molar-refractivity contribution in [2.24, 2.45) is 0 Å². The van der Waals surface area contributed by atoms with Crippen LogP contribution in [0.15, 0.2) is 46.0 Å². The Balaban J connectivity index is 2.03. The van der Waals surface area contributed by atoms with Gasteiger partial charge in [-0.1, -0.05) is 23.7 Å². The van der Waals surface area contributed by atoms with Gasteiger partial charge in [-0.25, -0.2) is 9.80 Å². The monoisotopic (exact) mass is 517 g/mol. The van der Waals surface area contributed by atoms with E-state index in [1.165, 1.54) is 31.4 Å². The van der Waals surface area contributed by atoms with E-state index in [1.54, 1.807) is 50.3 Å². The van der Waals surface area contributed by atoms with E-state index in [0.717, 1.165) is 9.13 Å². The van der Waals surface area contributed by atoms with Crippen LogP contribution in [0.4, 0.5) is 5.69 Å². The second kappa shape index (κ2) is 11.3. The number of amides is 2. The van der Waals surface area contributed by atoms with Gasteiger partial charge < -0.3 is 14.8 Å². The van der Waals surface area contributed by atoms with Gasteiger partial charge in [-0.3, -0.25) is 28.5 Å². The fraction of sp³-hybridized carbons (Fsp3) is 0.333. The lowest BCUT2D eigenvalue weighted by Gasteiger charge is -2.27. The first-order valence-corrected chi connectivity index (χ1v) is 11.4. The molecule has 1 N–H and O–H groups in total. The number of hydrazine groups is 1. The molecule has 0 fully saturated rings. The third-order valence-electron chi connectivity index (χ3n) is 5.55. The number of likely N-dealkylation sites (N-methyl/N-ethyl adjacent to an activating group) is 1. The normalized spacial score (nSPS) is 11.0. The van der Waals surface area contributed by atoms with Crippen molar-refractivity contribution in [1.29, 1.82) is 0 Å².